The van der Waals surface area contributed by atoms with E-state index in [1.165, 1.54) is 12.1 Å². The zero-order valence-electron chi connectivity index (χ0n) is 13.8. The summed E-state index contributed by atoms with van der Waals surface area (Å²) in [5.74, 6) is 1.23. The number of ether oxygens (including phenoxy) is 2. The zero-order chi connectivity index (χ0) is 17.3. The summed E-state index contributed by atoms with van der Waals surface area (Å²) in [4.78, 5) is 12.6. The van der Waals surface area contributed by atoms with Gasteiger partial charge in [0.15, 0.2) is 11.5 Å². The number of rotatable bonds is 5. The first-order valence-corrected chi connectivity index (χ1v) is 8.60. The van der Waals surface area contributed by atoms with Crippen molar-refractivity contribution in [2.75, 3.05) is 13.2 Å². The van der Waals surface area contributed by atoms with E-state index in [9.17, 15) is 9.18 Å². The van der Waals surface area contributed by atoms with Gasteiger partial charge in [-0.2, -0.15) is 0 Å². The van der Waals surface area contributed by atoms with Gasteiger partial charge in [-0.1, -0.05) is 24.3 Å². The van der Waals surface area contributed by atoms with Crippen LogP contribution in [-0.2, 0) is 10.2 Å². The Balaban J connectivity index is 1.30. The van der Waals surface area contributed by atoms with Crippen molar-refractivity contribution in [3.05, 3.63) is 59.9 Å². The van der Waals surface area contributed by atoms with Gasteiger partial charge in [0.05, 0.1) is 5.41 Å². The van der Waals surface area contributed by atoms with Crippen molar-refractivity contribution in [2.45, 2.75) is 30.8 Å². The van der Waals surface area contributed by atoms with Gasteiger partial charge in [-0.15, -0.1) is 0 Å². The van der Waals surface area contributed by atoms with Gasteiger partial charge < -0.3 is 14.8 Å². The molecule has 0 saturated heterocycles. The van der Waals surface area contributed by atoms with Crippen molar-refractivity contribution in [1.82, 2.24) is 5.32 Å². The Labute approximate surface area is 146 Å². The van der Waals surface area contributed by atoms with Gasteiger partial charge in [-0.25, -0.2) is 4.39 Å². The van der Waals surface area contributed by atoms with Gasteiger partial charge in [-0.05, 0) is 42.7 Å². The second kappa shape index (κ2) is 6.39. The van der Waals surface area contributed by atoms with Crippen LogP contribution in [0.1, 0.15) is 24.8 Å². The molecule has 1 atom stereocenters. The molecule has 0 aromatic heterocycles. The van der Waals surface area contributed by atoms with Gasteiger partial charge >= 0.3 is 0 Å². The molecule has 0 radical (unpaired) electrons. The van der Waals surface area contributed by atoms with E-state index < -0.39 is 5.41 Å². The van der Waals surface area contributed by atoms with Gasteiger partial charge in [0.25, 0.3) is 0 Å². The predicted octanol–water partition coefficient (Wildman–Crippen LogP) is 3.20. The van der Waals surface area contributed by atoms with Gasteiger partial charge in [-0.3, -0.25) is 4.79 Å². The van der Waals surface area contributed by atoms with Crippen molar-refractivity contribution >= 4 is 5.91 Å². The molecule has 4 nitrogen and oxygen atoms in total. The molecule has 130 valence electrons. The highest BCUT2D eigenvalue weighted by atomic mass is 19.1. The molecule has 1 N–H and O–H groups in total. The quantitative estimate of drug-likeness (QED) is 0.908. The van der Waals surface area contributed by atoms with E-state index >= 15 is 0 Å². The Hall–Kier alpha value is -2.56. The first-order valence-electron chi connectivity index (χ1n) is 8.60. The van der Waals surface area contributed by atoms with Crippen LogP contribution in [0.25, 0.3) is 0 Å². The molecule has 1 saturated carbocycles. The lowest BCUT2D eigenvalue weighted by Gasteiger charge is -2.26. The van der Waals surface area contributed by atoms with Crippen molar-refractivity contribution < 1.29 is 18.7 Å². The standard InChI is InChI=1S/C20H20FNO3/c21-15-7-5-14(6-8-15)20(10-11-20)19(23)22-12-9-16-13-24-17-3-1-2-4-18(17)25-16/h1-8,16H,9-13H2,(H,22,23). The highest BCUT2D eigenvalue weighted by molar-refractivity contribution is 5.91. The number of carbonyl (C=O) groups excluding carboxylic acids is 1. The topological polar surface area (TPSA) is 47.6 Å². The smallest absolute Gasteiger partial charge is 0.230 e. The molecule has 1 fully saturated rings. The fraction of sp³-hybridized carbons (Fsp3) is 0.350. The Morgan fingerprint density at radius 3 is 2.56 bits per heavy atom. The number of benzene rings is 2. The maximum atomic E-state index is 13.1. The molecule has 5 heteroatoms. The van der Waals surface area contributed by atoms with Gasteiger partial charge in [0.2, 0.25) is 5.91 Å². The monoisotopic (exact) mass is 341 g/mol. The normalized spacial score (nSPS) is 20.0. The molecule has 4 rings (SSSR count). The average Bonchev–Trinajstić information content (AvgIpc) is 3.44. The van der Waals surface area contributed by atoms with E-state index in [1.807, 2.05) is 24.3 Å². The summed E-state index contributed by atoms with van der Waals surface area (Å²) in [6.45, 7) is 1.01. The number of nitrogens with one attached hydrogen (secondary N) is 1. The highest BCUT2D eigenvalue weighted by Crippen LogP contribution is 2.48. The number of amides is 1. The summed E-state index contributed by atoms with van der Waals surface area (Å²) < 4.78 is 24.7. The molecule has 0 bridgehead atoms. The molecule has 1 heterocycles. The van der Waals surface area contributed by atoms with Gasteiger partial charge in [0.1, 0.15) is 18.5 Å². The third-order valence-electron chi connectivity index (χ3n) is 4.90. The van der Waals surface area contributed by atoms with Gasteiger partial charge in [0, 0.05) is 13.0 Å². The molecule has 2 aromatic carbocycles. The summed E-state index contributed by atoms with van der Waals surface area (Å²) in [5, 5.41) is 3.00. The molecule has 1 unspecified atom stereocenters. The molecule has 1 aliphatic heterocycles. The maximum absolute atomic E-state index is 13.1. The van der Waals surface area contributed by atoms with Crippen LogP contribution in [0.4, 0.5) is 4.39 Å². The zero-order valence-corrected chi connectivity index (χ0v) is 13.8. The predicted molar refractivity (Wildman–Crippen MR) is 91.3 cm³/mol. The summed E-state index contributed by atoms with van der Waals surface area (Å²) in [5.41, 5.74) is 0.405. The van der Waals surface area contributed by atoms with Crippen molar-refractivity contribution in [3.63, 3.8) is 0 Å². The first kappa shape index (κ1) is 15.9. The minimum Gasteiger partial charge on any atom is -0.486 e. The first-order chi connectivity index (χ1) is 12.2. The lowest BCUT2D eigenvalue weighted by atomic mass is 9.95. The molecule has 1 aliphatic carbocycles. The van der Waals surface area contributed by atoms with E-state index in [2.05, 4.69) is 5.32 Å². The minimum absolute atomic E-state index is 0.0104. The van der Waals surface area contributed by atoms with Crippen LogP contribution in [0.3, 0.4) is 0 Å². The number of hydrogen-bond acceptors (Lipinski definition) is 3. The number of carbonyl (C=O) groups is 1. The van der Waals surface area contributed by atoms with Crippen LogP contribution in [0.15, 0.2) is 48.5 Å². The molecule has 25 heavy (non-hydrogen) atoms. The number of fused-ring (bicyclic) bond motifs is 1. The van der Waals surface area contributed by atoms with E-state index in [1.54, 1.807) is 12.1 Å². The van der Waals surface area contributed by atoms with E-state index in [0.29, 0.717) is 19.6 Å². The van der Waals surface area contributed by atoms with Crippen LogP contribution in [0.2, 0.25) is 0 Å². The van der Waals surface area contributed by atoms with Crippen molar-refractivity contribution in [3.8, 4) is 11.5 Å². The summed E-state index contributed by atoms with van der Waals surface area (Å²) in [6.07, 6.45) is 2.22. The Kier molecular flexibility index (Phi) is 4.07. The number of hydrogen-bond donors (Lipinski definition) is 1. The Morgan fingerprint density at radius 1 is 1.12 bits per heavy atom. The number of para-hydroxylation sites is 2. The lowest BCUT2D eigenvalue weighted by Crippen LogP contribution is -2.38. The number of halogens is 1. The van der Waals surface area contributed by atoms with Crippen LogP contribution in [-0.4, -0.2) is 25.2 Å². The Morgan fingerprint density at radius 2 is 1.84 bits per heavy atom. The summed E-state index contributed by atoms with van der Waals surface area (Å²) in [7, 11) is 0. The minimum atomic E-state index is -0.482. The van der Waals surface area contributed by atoms with Crippen molar-refractivity contribution in [2.24, 2.45) is 0 Å². The van der Waals surface area contributed by atoms with Crippen LogP contribution >= 0.6 is 0 Å². The fourth-order valence-corrected chi connectivity index (χ4v) is 3.26. The summed E-state index contributed by atoms with van der Waals surface area (Å²) >= 11 is 0. The average molecular weight is 341 g/mol. The van der Waals surface area contributed by atoms with E-state index in [-0.39, 0.29) is 17.8 Å². The van der Waals surface area contributed by atoms with E-state index in [0.717, 1.165) is 29.9 Å². The van der Waals surface area contributed by atoms with Crippen molar-refractivity contribution in [1.29, 1.82) is 0 Å². The molecule has 1 amide bonds. The van der Waals surface area contributed by atoms with Crippen LogP contribution in [0, 0.1) is 5.82 Å². The lowest BCUT2D eigenvalue weighted by molar-refractivity contribution is -0.123. The largest absolute Gasteiger partial charge is 0.486 e. The van der Waals surface area contributed by atoms with Crippen LogP contribution < -0.4 is 14.8 Å². The Bertz CT molecular complexity index is 771. The maximum Gasteiger partial charge on any atom is 0.230 e. The van der Waals surface area contributed by atoms with E-state index in [4.69, 9.17) is 9.47 Å². The molecule has 0 spiro atoms. The third kappa shape index (κ3) is 3.18. The highest BCUT2D eigenvalue weighted by Gasteiger charge is 2.51. The molecular weight excluding hydrogens is 321 g/mol. The molecular formula is C20H20FNO3. The third-order valence-corrected chi connectivity index (χ3v) is 4.90. The summed E-state index contributed by atoms with van der Waals surface area (Å²) in [6, 6.07) is 13.8. The fourth-order valence-electron chi connectivity index (χ4n) is 3.26. The molecule has 2 aromatic rings. The second-order valence-electron chi connectivity index (χ2n) is 6.63. The second-order valence-corrected chi connectivity index (χ2v) is 6.63. The SMILES string of the molecule is O=C(NCCC1COc2ccccc2O1)C1(c2ccc(F)cc2)CC1. The van der Waals surface area contributed by atoms with Crippen LogP contribution in [0.5, 0.6) is 11.5 Å². The molecule has 2 aliphatic rings.